The van der Waals surface area contributed by atoms with E-state index in [4.69, 9.17) is 17.0 Å². The van der Waals surface area contributed by atoms with Crippen LogP contribution in [0, 0.1) is 13.8 Å². The molecule has 0 bridgehead atoms. The average molecular weight is 450 g/mol. The third-order valence-electron chi connectivity index (χ3n) is 5.80. The number of esters is 1. The van der Waals surface area contributed by atoms with Gasteiger partial charge in [0.25, 0.3) is 0 Å². The van der Waals surface area contributed by atoms with Gasteiger partial charge in [0, 0.05) is 36.5 Å². The number of aromatic nitrogens is 3. The van der Waals surface area contributed by atoms with Gasteiger partial charge in [-0.3, -0.25) is 14.8 Å². The first-order valence-corrected chi connectivity index (χ1v) is 11.1. The predicted molar refractivity (Wildman–Crippen MR) is 126 cm³/mol. The lowest BCUT2D eigenvalue weighted by Gasteiger charge is -2.27. The molecule has 4 heterocycles. The molecule has 0 aromatic carbocycles. The maximum Gasteiger partial charge on any atom is 0.325 e. The topological polar surface area (TPSA) is 72.3 Å². The van der Waals surface area contributed by atoms with E-state index >= 15 is 0 Å². The smallest absolute Gasteiger partial charge is 0.325 e. The number of aryl methyl sites for hydroxylation is 1. The Labute approximate surface area is 193 Å². The summed E-state index contributed by atoms with van der Waals surface area (Å²) < 4.78 is 7.49. The number of hydrogen-bond donors (Lipinski definition) is 1. The molecule has 0 unspecified atom stereocenters. The van der Waals surface area contributed by atoms with Crippen LogP contribution in [0.15, 0.2) is 55.0 Å². The maximum absolute atomic E-state index is 12.4. The minimum atomic E-state index is -0.299. The van der Waals surface area contributed by atoms with Crippen LogP contribution in [0.5, 0.6) is 0 Å². The highest BCUT2D eigenvalue weighted by molar-refractivity contribution is 7.80. The van der Waals surface area contributed by atoms with Crippen LogP contribution in [0.4, 0.5) is 0 Å². The number of ether oxygens (including phenoxy) is 1. The zero-order valence-electron chi connectivity index (χ0n) is 18.5. The van der Waals surface area contributed by atoms with Crippen LogP contribution in [0.3, 0.4) is 0 Å². The molecule has 1 aliphatic rings. The summed E-state index contributed by atoms with van der Waals surface area (Å²) >= 11 is 5.65. The van der Waals surface area contributed by atoms with Crippen molar-refractivity contribution in [1.29, 1.82) is 0 Å². The Morgan fingerprint density at radius 1 is 1.22 bits per heavy atom. The van der Waals surface area contributed by atoms with Crippen molar-refractivity contribution >= 4 is 23.3 Å². The van der Waals surface area contributed by atoms with E-state index in [1.165, 1.54) is 0 Å². The van der Waals surface area contributed by atoms with Gasteiger partial charge in [-0.2, -0.15) is 0 Å². The normalized spacial score (nSPS) is 18.0. The minimum Gasteiger partial charge on any atom is -0.465 e. The number of rotatable bonds is 7. The van der Waals surface area contributed by atoms with Crippen molar-refractivity contribution in [3.8, 4) is 0 Å². The molecule has 0 amide bonds. The molecule has 0 saturated carbocycles. The summed E-state index contributed by atoms with van der Waals surface area (Å²) in [4.78, 5) is 23.1. The summed E-state index contributed by atoms with van der Waals surface area (Å²) in [5.41, 5.74) is 5.38. The number of carbonyl (C=O) groups excluding carboxylic acids is 1. The average Bonchev–Trinajstić information content (AvgIpc) is 3.26. The second-order valence-electron chi connectivity index (χ2n) is 7.83. The van der Waals surface area contributed by atoms with Gasteiger partial charge in [0.15, 0.2) is 5.11 Å². The minimum absolute atomic E-state index is 0.0833. The van der Waals surface area contributed by atoms with Gasteiger partial charge < -0.3 is 19.5 Å². The largest absolute Gasteiger partial charge is 0.465 e. The standard InChI is InChI=1S/C24H27N5O2S/c1-4-31-21(30)15-29-23(22(27-24(29)32)20-9-5-6-11-26-20)19-12-16(2)28(17(19)3)14-18-8-7-10-25-13-18/h5-13,22-23H,4,14-15H2,1-3H3,(H,27,32)/t22-,23+/m0/s1. The Bertz CT molecular complexity index is 1100. The summed E-state index contributed by atoms with van der Waals surface area (Å²) in [6, 6.07) is 11.7. The van der Waals surface area contributed by atoms with Crippen LogP contribution in [0.2, 0.25) is 0 Å². The summed E-state index contributed by atoms with van der Waals surface area (Å²) in [5.74, 6) is -0.299. The van der Waals surface area contributed by atoms with E-state index in [1.807, 2.05) is 35.4 Å². The number of nitrogens with zero attached hydrogens (tertiary/aromatic N) is 4. The first kappa shape index (κ1) is 22.0. The van der Waals surface area contributed by atoms with Crippen molar-refractivity contribution in [1.82, 2.24) is 24.8 Å². The van der Waals surface area contributed by atoms with Gasteiger partial charge in [0.1, 0.15) is 6.54 Å². The Kier molecular flexibility index (Phi) is 6.50. The summed E-state index contributed by atoms with van der Waals surface area (Å²) in [5, 5.41) is 3.91. The van der Waals surface area contributed by atoms with E-state index in [9.17, 15) is 4.79 Å². The van der Waals surface area contributed by atoms with Crippen molar-refractivity contribution in [2.75, 3.05) is 13.2 Å². The molecule has 1 aliphatic heterocycles. The molecule has 2 atom stereocenters. The number of hydrogen-bond acceptors (Lipinski definition) is 5. The predicted octanol–water partition coefficient (Wildman–Crippen LogP) is 3.48. The monoisotopic (exact) mass is 449 g/mol. The molecular weight excluding hydrogens is 422 g/mol. The number of nitrogens with one attached hydrogen (secondary N) is 1. The molecule has 32 heavy (non-hydrogen) atoms. The van der Waals surface area contributed by atoms with E-state index in [2.05, 4.69) is 45.8 Å². The van der Waals surface area contributed by atoms with Crippen LogP contribution in [0.25, 0.3) is 0 Å². The van der Waals surface area contributed by atoms with Crippen LogP contribution in [-0.2, 0) is 16.1 Å². The molecule has 166 valence electrons. The second kappa shape index (κ2) is 9.48. The summed E-state index contributed by atoms with van der Waals surface area (Å²) in [6.45, 7) is 7.15. The van der Waals surface area contributed by atoms with Crippen molar-refractivity contribution in [3.05, 3.63) is 83.2 Å². The molecule has 4 rings (SSSR count). The molecule has 1 saturated heterocycles. The molecule has 0 radical (unpaired) electrons. The summed E-state index contributed by atoms with van der Waals surface area (Å²) in [6.07, 6.45) is 5.44. The highest BCUT2D eigenvalue weighted by Gasteiger charge is 2.42. The zero-order chi connectivity index (χ0) is 22.7. The van der Waals surface area contributed by atoms with Crippen molar-refractivity contribution < 1.29 is 9.53 Å². The van der Waals surface area contributed by atoms with Crippen LogP contribution >= 0.6 is 12.2 Å². The zero-order valence-corrected chi connectivity index (χ0v) is 19.3. The fourth-order valence-corrected chi connectivity index (χ4v) is 4.61. The van der Waals surface area contributed by atoms with E-state index in [1.54, 1.807) is 19.3 Å². The van der Waals surface area contributed by atoms with Gasteiger partial charge in [-0.1, -0.05) is 12.1 Å². The number of pyridine rings is 2. The van der Waals surface area contributed by atoms with Gasteiger partial charge in [0.05, 0.1) is 24.4 Å². The highest BCUT2D eigenvalue weighted by Crippen LogP contribution is 2.40. The third-order valence-corrected chi connectivity index (χ3v) is 6.15. The van der Waals surface area contributed by atoms with E-state index in [0.717, 1.165) is 34.8 Å². The quantitative estimate of drug-likeness (QED) is 0.437. The molecule has 3 aromatic rings. The molecule has 7 nitrogen and oxygen atoms in total. The second-order valence-corrected chi connectivity index (χ2v) is 8.22. The number of carbonyl (C=O) groups is 1. The lowest BCUT2D eigenvalue weighted by atomic mass is 9.97. The van der Waals surface area contributed by atoms with Gasteiger partial charge in [-0.25, -0.2) is 0 Å². The van der Waals surface area contributed by atoms with E-state index in [0.29, 0.717) is 11.7 Å². The van der Waals surface area contributed by atoms with Crippen LogP contribution in [-0.4, -0.2) is 43.7 Å². The summed E-state index contributed by atoms with van der Waals surface area (Å²) in [7, 11) is 0. The van der Waals surface area contributed by atoms with Gasteiger partial charge in [0.2, 0.25) is 0 Å². The number of thiocarbonyl (C=S) groups is 1. The lowest BCUT2D eigenvalue weighted by Crippen LogP contribution is -2.35. The Morgan fingerprint density at radius 2 is 2.06 bits per heavy atom. The SMILES string of the molecule is CCOC(=O)CN1C(=S)N[C@@H](c2ccccn2)[C@H]1c1cc(C)n(Cc2cccnc2)c1C. The first-order valence-electron chi connectivity index (χ1n) is 10.7. The molecule has 3 aromatic heterocycles. The molecule has 1 N–H and O–H groups in total. The molecule has 1 fully saturated rings. The lowest BCUT2D eigenvalue weighted by molar-refractivity contribution is -0.143. The first-order chi connectivity index (χ1) is 15.5. The van der Waals surface area contributed by atoms with E-state index in [-0.39, 0.29) is 24.6 Å². The van der Waals surface area contributed by atoms with Crippen molar-refractivity contribution in [3.63, 3.8) is 0 Å². The Morgan fingerprint density at radius 3 is 2.75 bits per heavy atom. The van der Waals surface area contributed by atoms with Gasteiger partial charge >= 0.3 is 5.97 Å². The fraction of sp³-hybridized carbons (Fsp3) is 0.333. The highest BCUT2D eigenvalue weighted by atomic mass is 32.1. The van der Waals surface area contributed by atoms with Crippen LogP contribution < -0.4 is 5.32 Å². The molecule has 0 aliphatic carbocycles. The van der Waals surface area contributed by atoms with Gasteiger partial charge in [-0.05, 0) is 68.4 Å². The van der Waals surface area contributed by atoms with Crippen LogP contribution in [0.1, 0.15) is 47.2 Å². The van der Waals surface area contributed by atoms with Crippen molar-refractivity contribution in [2.45, 2.75) is 39.4 Å². The van der Waals surface area contributed by atoms with E-state index < -0.39 is 0 Å². The molecule has 8 heteroatoms. The Balaban J connectivity index is 1.74. The fourth-order valence-electron chi connectivity index (χ4n) is 4.30. The van der Waals surface area contributed by atoms with Gasteiger partial charge in [-0.15, -0.1) is 0 Å². The Hall–Kier alpha value is -3.26. The molecule has 0 spiro atoms. The molecular formula is C24H27N5O2S. The van der Waals surface area contributed by atoms with Crippen molar-refractivity contribution in [2.24, 2.45) is 0 Å². The maximum atomic E-state index is 12.4. The third kappa shape index (κ3) is 4.36.